The Hall–Kier alpha value is -2.06. The van der Waals surface area contributed by atoms with Crippen LogP contribution in [0.2, 0.25) is 0 Å². The smallest absolute Gasteiger partial charge is 0.166 e. The van der Waals surface area contributed by atoms with Crippen LogP contribution in [0.5, 0.6) is 0 Å². The molecule has 0 unspecified atom stereocenters. The summed E-state index contributed by atoms with van der Waals surface area (Å²) in [4.78, 5) is 12.0. The third kappa shape index (κ3) is 1.76. The maximum Gasteiger partial charge on any atom is 0.166 e. The summed E-state index contributed by atoms with van der Waals surface area (Å²) in [6.45, 7) is -0.473. The minimum atomic E-state index is -0.739. The lowest BCUT2D eigenvalue weighted by Gasteiger charge is -2.23. The monoisotopic (exact) mass is 279 g/mol. The molecule has 0 spiro atoms. The van der Waals surface area contributed by atoms with Crippen molar-refractivity contribution >= 4 is 17.0 Å². The van der Waals surface area contributed by atoms with Crippen LogP contribution in [0.15, 0.2) is 24.6 Å². The van der Waals surface area contributed by atoms with Crippen LogP contribution in [0.4, 0.5) is 10.2 Å². The van der Waals surface area contributed by atoms with Gasteiger partial charge in [-0.2, -0.15) is 0 Å². The van der Waals surface area contributed by atoms with Crippen LogP contribution in [0.25, 0.3) is 11.2 Å². The first kappa shape index (κ1) is 12.9. The average Bonchev–Trinajstić information content (AvgIpc) is 2.99. The van der Waals surface area contributed by atoms with Gasteiger partial charge < -0.3 is 20.5 Å². The first-order valence-corrected chi connectivity index (χ1v) is 6.19. The molecule has 0 fully saturated rings. The number of nitrogens with two attached hydrogens (primary N) is 1. The number of rotatable bonds is 3. The van der Waals surface area contributed by atoms with Crippen LogP contribution in [0, 0.1) is 11.8 Å². The second-order valence-electron chi connectivity index (χ2n) is 4.77. The number of aliphatic hydroxyl groups is 2. The van der Waals surface area contributed by atoms with Crippen LogP contribution >= 0.6 is 0 Å². The van der Waals surface area contributed by atoms with Crippen LogP contribution in [-0.2, 0) is 0 Å². The summed E-state index contributed by atoms with van der Waals surface area (Å²) < 4.78 is 15.7. The van der Waals surface area contributed by atoms with Gasteiger partial charge in [0.25, 0.3) is 0 Å². The van der Waals surface area contributed by atoms with Crippen molar-refractivity contribution in [3.05, 3.63) is 24.6 Å². The van der Waals surface area contributed by atoms with Crippen molar-refractivity contribution in [3.8, 4) is 0 Å². The lowest BCUT2D eigenvalue weighted by molar-refractivity contribution is 0.127. The molecule has 2 aromatic heterocycles. The fourth-order valence-corrected chi connectivity index (χ4v) is 2.70. The maximum absolute atomic E-state index is 14.2. The summed E-state index contributed by atoms with van der Waals surface area (Å²) >= 11 is 0. The molecule has 3 rings (SSSR count). The van der Waals surface area contributed by atoms with Gasteiger partial charge in [0, 0.05) is 25.0 Å². The summed E-state index contributed by atoms with van der Waals surface area (Å²) in [5.41, 5.74) is 6.50. The van der Waals surface area contributed by atoms with E-state index in [9.17, 15) is 14.6 Å². The first-order chi connectivity index (χ1) is 9.67. The Morgan fingerprint density at radius 2 is 2.05 bits per heavy atom. The van der Waals surface area contributed by atoms with Gasteiger partial charge >= 0.3 is 0 Å². The molecular weight excluding hydrogens is 265 g/mol. The second-order valence-corrected chi connectivity index (χ2v) is 4.77. The molecule has 0 aliphatic heterocycles. The number of hydrogen-bond acceptors (Lipinski definition) is 6. The molecule has 0 radical (unpaired) electrons. The van der Waals surface area contributed by atoms with E-state index in [0.29, 0.717) is 11.2 Å². The number of halogens is 1. The quantitative estimate of drug-likeness (QED) is 0.731. The number of imidazole rings is 1. The van der Waals surface area contributed by atoms with Gasteiger partial charge in [-0.1, -0.05) is 0 Å². The molecule has 0 bridgehead atoms. The molecule has 2 heterocycles. The van der Waals surface area contributed by atoms with Gasteiger partial charge in [-0.05, 0) is 6.08 Å². The third-order valence-corrected chi connectivity index (χ3v) is 3.72. The normalized spacial score (nSPS) is 26.1. The van der Waals surface area contributed by atoms with E-state index in [1.807, 2.05) is 0 Å². The molecule has 0 aromatic carbocycles. The highest BCUT2D eigenvalue weighted by Gasteiger charge is 2.39. The number of nitrogen functional groups attached to an aromatic ring is 1. The van der Waals surface area contributed by atoms with E-state index >= 15 is 0 Å². The molecule has 0 saturated heterocycles. The van der Waals surface area contributed by atoms with E-state index in [-0.39, 0.29) is 19.0 Å². The molecule has 20 heavy (non-hydrogen) atoms. The molecule has 2 aromatic rings. The van der Waals surface area contributed by atoms with Crippen LogP contribution in [-0.4, -0.2) is 42.9 Å². The van der Waals surface area contributed by atoms with Crippen LogP contribution < -0.4 is 5.73 Å². The van der Waals surface area contributed by atoms with Gasteiger partial charge in [0.2, 0.25) is 0 Å². The Bertz CT molecular complexity index is 671. The van der Waals surface area contributed by atoms with Crippen LogP contribution in [0.1, 0.15) is 6.04 Å². The van der Waals surface area contributed by atoms with Crippen molar-refractivity contribution in [1.82, 2.24) is 19.5 Å². The average molecular weight is 279 g/mol. The lowest BCUT2D eigenvalue weighted by atomic mass is 9.94. The van der Waals surface area contributed by atoms with Gasteiger partial charge in [0.05, 0.1) is 12.4 Å². The number of nitrogens with zero attached hydrogens (tertiary/aromatic N) is 4. The summed E-state index contributed by atoms with van der Waals surface area (Å²) in [6.07, 6.45) is 4.04. The van der Waals surface area contributed by atoms with E-state index in [0.717, 1.165) is 0 Å². The standard InChI is InChI=1S/C12H14FN5O2/c13-8-1-6(2-19)7(3-20)10(8)18-5-17-9-11(14)15-4-16-12(9)18/h1,4-7,10,19-20H,2-3H2,(H2,14,15,16)/t6-,7-,10+/m1/s1. The second kappa shape index (κ2) is 4.80. The van der Waals surface area contributed by atoms with Crippen molar-refractivity contribution in [2.24, 2.45) is 11.8 Å². The van der Waals surface area contributed by atoms with E-state index in [4.69, 9.17) is 5.73 Å². The van der Waals surface area contributed by atoms with Crippen molar-refractivity contribution in [2.75, 3.05) is 18.9 Å². The SMILES string of the molecule is Nc1ncnc2c1ncn2[C@@H]1C(F)=C[C@H](CO)[C@H]1CO. The molecule has 106 valence electrons. The zero-order valence-electron chi connectivity index (χ0n) is 10.5. The van der Waals surface area contributed by atoms with Crippen molar-refractivity contribution in [2.45, 2.75) is 6.04 Å². The fourth-order valence-electron chi connectivity index (χ4n) is 2.70. The fraction of sp³-hybridized carbons (Fsp3) is 0.417. The van der Waals surface area contributed by atoms with E-state index in [2.05, 4.69) is 15.0 Å². The molecule has 4 N–H and O–H groups in total. The highest BCUT2D eigenvalue weighted by Crippen LogP contribution is 2.41. The summed E-state index contributed by atoms with van der Waals surface area (Å²) in [5.74, 6) is -1.09. The Labute approximate surface area is 113 Å². The van der Waals surface area contributed by atoms with Gasteiger partial charge in [-0.15, -0.1) is 0 Å². The van der Waals surface area contributed by atoms with Crippen molar-refractivity contribution in [1.29, 1.82) is 0 Å². The van der Waals surface area contributed by atoms with Crippen molar-refractivity contribution in [3.63, 3.8) is 0 Å². The topological polar surface area (TPSA) is 110 Å². The predicted octanol–water partition coefficient (Wildman–Crippen LogP) is 0.0336. The van der Waals surface area contributed by atoms with Gasteiger partial charge in [0.1, 0.15) is 17.7 Å². The van der Waals surface area contributed by atoms with Crippen molar-refractivity contribution < 1.29 is 14.6 Å². The number of aromatic nitrogens is 4. The maximum atomic E-state index is 14.2. The molecule has 1 aliphatic rings. The van der Waals surface area contributed by atoms with E-state index in [1.165, 1.54) is 23.3 Å². The Kier molecular flexibility index (Phi) is 3.11. The largest absolute Gasteiger partial charge is 0.396 e. The number of allylic oxidation sites excluding steroid dienone is 1. The predicted molar refractivity (Wildman–Crippen MR) is 69.1 cm³/mol. The zero-order chi connectivity index (χ0) is 14.3. The van der Waals surface area contributed by atoms with Gasteiger partial charge in [-0.25, -0.2) is 19.3 Å². The first-order valence-electron chi connectivity index (χ1n) is 6.19. The Morgan fingerprint density at radius 1 is 1.25 bits per heavy atom. The summed E-state index contributed by atoms with van der Waals surface area (Å²) in [6, 6.07) is -0.739. The molecule has 0 amide bonds. The summed E-state index contributed by atoms with van der Waals surface area (Å²) in [7, 11) is 0. The van der Waals surface area contributed by atoms with Gasteiger partial charge in [-0.3, -0.25) is 0 Å². The lowest BCUT2D eigenvalue weighted by Crippen LogP contribution is -2.25. The van der Waals surface area contributed by atoms with E-state index < -0.39 is 23.7 Å². The Morgan fingerprint density at radius 3 is 2.75 bits per heavy atom. The Balaban J connectivity index is 2.11. The number of fused-ring (bicyclic) bond motifs is 1. The molecule has 1 aliphatic carbocycles. The van der Waals surface area contributed by atoms with E-state index in [1.54, 1.807) is 0 Å². The molecule has 8 heteroatoms. The molecular formula is C12H14FN5O2. The number of anilines is 1. The number of hydrogen-bond donors (Lipinski definition) is 3. The number of aliphatic hydroxyl groups excluding tert-OH is 2. The molecule has 7 nitrogen and oxygen atoms in total. The molecule has 3 atom stereocenters. The highest BCUT2D eigenvalue weighted by molar-refractivity contribution is 5.81. The third-order valence-electron chi connectivity index (χ3n) is 3.72. The molecule has 0 saturated carbocycles. The minimum absolute atomic E-state index is 0.218. The van der Waals surface area contributed by atoms with Crippen LogP contribution in [0.3, 0.4) is 0 Å². The minimum Gasteiger partial charge on any atom is -0.396 e. The van der Waals surface area contributed by atoms with Gasteiger partial charge in [0.15, 0.2) is 11.5 Å². The summed E-state index contributed by atoms with van der Waals surface area (Å²) in [5, 5.41) is 18.7. The zero-order valence-corrected chi connectivity index (χ0v) is 10.5. The highest BCUT2D eigenvalue weighted by atomic mass is 19.1.